The summed E-state index contributed by atoms with van der Waals surface area (Å²) in [6.07, 6.45) is 4.20. The van der Waals surface area contributed by atoms with Crippen molar-refractivity contribution in [1.82, 2.24) is 20.2 Å². The van der Waals surface area contributed by atoms with E-state index in [9.17, 15) is 9.59 Å². The van der Waals surface area contributed by atoms with Crippen molar-refractivity contribution in [2.45, 2.75) is 64.5 Å². The second-order valence-corrected chi connectivity index (χ2v) is 8.47. The van der Waals surface area contributed by atoms with E-state index < -0.39 is 17.2 Å². The minimum atomic E-state index is -1.04. The number of alkyl carbamates (subject to hydrolysis) is 1. The third-order valence-corrected chi connectivity index (χ3v) is 4.35. The molecule has 0 unspecified atom stereocenters. The zero-order chi connectivity index (χ0) is 19.5. The molecule has 1 aromatic rings. The molecule has 1 aromatic heterocycles. The average Bonchev–Trinajstić information content (AvgIpc) is 2.52. The molecule has 1 saturated heterocycles. The first-order valence-electron chi connectivity index (χ1n) is 8.76. The Hall–Kier alpha value is -1.89. The Morgan fingerprint density at radius 2 is 1.81 bits per heavy atom. The lowest BCUT2D eigenvalue weighted by Crippen LogP contribution is -2.57. The molecule has 26 heavy (non-hydrogen) atoms. The molecule has 1 N–H and O–H groups in total. The van der Waals surface area contributed by atoms with E-state index in [-0.39, 0.29) is 11.8 Å². The average molecular weight is 383 g/mol. The molecule has 1 fully saturated rings. The Morgan fingerprint density at radius 3 is 2.35 bits per heavy atom. The van der Waals surface area contributed by atoms with Crippen molar-refractivity contribution in [3.63, 3.8) is 0 Å². The molecule has 7 nitrogen and oxygen atoms in total. The summed E-state index contributed by atoms with van der Waals surface area (Å²) in [7, 11) is 0. The van der Waals surface area contributed by atoms with Crippen LogP contribution in [0.1, 0.15) is 59.1 Å². The SMILES string of the molecule is CC(C)(C)OC(=O)NC(C)(C)C(=O)N1CCC(c2cncc(Cl)n2)CC1. The fourth-order valence-corrected chi connectivity index (χ4v) is 3.09. The Labute approximate surface area is 159 Å². The molecule has 2 heterocycles. The highest BCUT2D eigenvalue weighted by Gasteiger charge is 2.36. The van der Waals surface area contributed by atoms with E-state index in [1.165, 1.54) is 6.20 Å². The minimum Gasteiger partial charge on any atom is -0.444 e. The summed E-state index contributed by atoms with van der Waals surface area (Å²) >= 11 is 5.91. The molecule has 2 rings (SSSR count). The van der Waals surface area contributed by atoms with Gasteiger partial charge in [0.2, 0.25) is 5.91 Å². The van der Waals surface area contributed by atoms with E-state index in [4.69, 9.17) is 16.3 Å². The lowest BCUT2D eigenvalue weighted by atomic mass is 9.92. The molecule has 0 atom stereocenters. The van der Waals surface area contributed by atoms with Crippen LogP contribution in [-0.4, -0.2) is 51.1 Å². The van der Waals surface area contributed by atoms with Crippen LogP contribution < -0.4 is 5.32 Å². The first kappa shape index (κ1) is 20.4. The minimum absolute atomic E-state index is 0.126. The lowest BCUT2D eigenvalue weighted by molar-refractivity contribution is -0.138. The van der Waals surface area contributed by atoms with Crippen molar-refractivity contribution in [2.24, 2.45) is 0 Å². The Morgan fingerprint density at radius 1 is 1.19 bits per heavy atom. The van der Waals surface area contributed by atoms with Crippen molar-refractivity contribution in [1.29, 1.82) is 0 Å². The fraction of sp³-hybridized carbons (Fsp3) is 0.667. The molecule has 1 aliphatic heterocycles. The zero-order valence-electron chi connectivity index (χ0n) is 16.0. The van der Waals surface area contributed by atoms with Crippen molar-refractivity contribution in [2.75, 3.05) is 13.1 Å². The number of piperidine rings is 1. The second kappa shape index (κ2) is 7.78. The molecule has 0 saturated carbocycles. The van der Waals surface area contributed by atoms with Crippen LogP contribution in [0.3, 0.4) is 0 Å². The van der Waals surface area contributed by atoms with Gasteiger partial charge in [0.15, 0.2) is 0 Å². The number of hydrogen-bond acceptors (Lipinski definition) is 5. The summed E-state index contributed by atoms with van der Waals surface area (Å²) in [5.74, 6) is 0.103. The van der Waals surface area contributed by atoms with Gasteiger partial charge in [-0.2, -0.15) is 0 Å². The normalized spacial score (nSPS) is 16.3. The molecule has 0 aromatic carbocycles. The quantitative estimate of drug-likeness (QED) is 0.868. The highest BCUT2D eigenvalue weighted by molar-refractivity contribution is 6.29. The van der Waals surface area contributed by atoms with Gasteiger partial charge in [-0.05, 0) is 47.5 Å². The van der Waals surface area contributed by atoms with Crippen molar-refractivity contribution >= 4 is 23.6 Å². The topological polar surface area (TPSA) is 84.4 Å². The van der Waals surface area contributed by atoms with Crippen LogP contribution in [0.25, 0.3) is 0 Å². The maximum atomic E-state index is 12.8. The highest BCUT2D eigenvalue weighted by atomic mass is 35.5. The van der Waals surface area contributed by atoms with Gasteiger partial charge in [0.25, 0.3) is 0 Å². The maximum Gasteiger partial charge on any atom is 0.408 e. The first-order valence-corrected chi connectivity index (χ1v) is 9.14. The number of carbonyl (C=O) groups is 2. The maximum absolute atomic E-state index is 12.8. The van der Waals surface area contributed by atoms with Gasteiger partial charge in [-0.15, -0.1) is 0 Å². The second-order valence-electron chi connectivity index (χ2n) is 8.09. The van der Waals surface area contributed by atoms with E-state index in [0.717, 1.165) is 18.5 Å². The number of amides is 2. The first-order chi connectivity index (χ1) is 12.0. The number of nitrogens with zero attached hydrogens (tertiary/aromatic N) is 3. The van der Waals surface area contributed by atoms with Gasteiger partial charge in [-0.1, -0.05) is 11.6 Å². The fourth-order valence-electron chi connectivity index (χ4n) is 2.94. The highest BCUT2D eigenvalue weighted by Crippen LogP contribution is 2.28. The van der Waals surface area contributed by atoms with Gasteiger partial charge in [0.05, 0.1) is 11.9 Å². The smallest absolute Gasteiger partial charge is 0.408 e. The van der Waals surface area contributed by atoms with E-state index in [1.54, 1.807) is 45.7 Å². The zero-order valence-corrected chi connectivity index (χ0v) is 16.8. The van der Waals surface area contributed by atoms with Gasteiger partial charge in [-0.25, -0.2) is 9.78 Å². The van der Waals surface area contributed by atoms with Crippen molar-refractivity contribution in [3.8, 4) is 0 Å². The number of aromatic nitrogens is 2. The summed E-state index contributed by atoms with van der Waals surface area (Å²) in [4.78, 5) is 35.0. The molecule has 1 aliphatic rings. The van der Waals surface area contributed by atoms with Crippen LogP contribution in [0.15, 0.2) is 12.4 Å². The molecule has 0 radical (unpaired) electrons. The van der Waals surface area contributed by atoms with Gasteiger partial charge < -0.3 is 15.0 Å². The third-order valence-electron chi connectivity index (χ3n) is 4.17. The predicted octanol–water partition coefficient (Wildman–Crippen LogP) is 3.14. The summed E-state index contributed by atoms with van der Waals surface area (Å²) in [6, 6.07) is 0. The van der Waals surface area contributed by atoms with Crippen LogP contribution in [0.5, 0.6) is 0 Å². The number of rotatable bonds is 3. The number of carbonyl (C=O) groups excluding carboxylic acids is 2. The monoisotopic (exact) mass is 382 g/mol. The largest absolute Gasteiger partial charge is 0.444 e. The van der Waals surface area contributed by atoms with Crippen molar-refractivity contribution < 1.29 is 14.3 Å². The Balaban J connectivity index is 1.93. The molecule has 0 bridgehead atoms. The van der Waals surface area contributed by atoms with E-state index in [0.29, 0.717) is 18.2 Å². The van der Waals surface area contributed by atoms with Gasteiger partial charge >= 0.3 is 6.09 Å². The molecule has 8 heteroatoms. The van der Waals surface area contributed by atoms with E-state index in [2.05, 4.69) is 15.3 Å². The number of nitrogens with one attached hydrogen (secondary N) is 1. The van der Waals surface area contributed by atoms with E-state index >= 15 is 0 Å². The van der Waals surface area contributed by atoms with Crippen LogP contribution in [0.4, 0.5) is 4.79 Å². The standard InChI is InChI=1S/C18H27ClN4O3/c1-17(2,3)26-16(25)22-18(4,5)15(24)23-8-6-12(7-9-23)13-10-20-11-14(19)21-13/h10-12H,6-9H2,1-5H3,(H,22,25). The Kier molecular flexibility index (Phi) is 6.11. The lowest BCUT2D eigenvalue weighted by Gasteiger charge is -2.37. The summed E-state index contributed by atoms with van der Waals surface area (Å²) < 4.78 is 5.25. The molecular weight excluding hydrogens is 356 g/mol. The molecule has 0 aliphatic carbocycles. The summed E-state index contributed by atoms with van der Waals surface area (Å²) in [6.45, 7) is 9.91. The number of hydrogen-bond donors (Lipinski definition) is 1. The third kappa shape index (κ3) is 5.56. The van der Waals surface area contributed by atoms with Gasteiger partial charge in [0.1, 0.15) is 16.3 Å². The predicted molar refractivity (Wildman–Crippen MR) is 99.0 cm³/mol. The summed E-state index contributed by atoms with van der Waals surface area (Å²) in [5, 5.41) is 3.05. The van der Waals surface area contributed by atoms with E-state index in [1.807, 2.05) is 0 Å². The molecule has 0 spiro atoms. The Bertz CT molecular complexity index is 665. The summed E-state index contributed by atoms with van der Waals surface area (Å²) in [5.41, 5.74) is -0.791. The van der Waals surface area contributed by atoms with Crippen LogP contribution in [0.2, 0.25) is 5.15 Å². The molecular formula is C18H27ClN4O3. The molecule has 2 amide bonds. The van der Waals surface area contributed by atoms with Crippen molar-refractivity contribution in [3.05, 3.63) is 23.2 Å². The van der Waals surface area contributed by atoms with Crippen LogP contribution in [0, 0.1) is 0 Å². The number of ether oxygens (including phenoxy) is 1. The van der Waals surface area contributed by atoms with Crippen LogP contribution in [-0.2, 0) is 9.53 Å². The van der Waals surface area contributed by atoms with Gasteiger partial charge in [-0.3, -0.25) is 9.78 Å². The number of likely N-dealkylation sites (tertiary alicyclic amines) is 1. The van der Waals surface area contributed by atoms with Gasteiger partial charge in [0, 0.05) is 25.2 Å². The van der Waals surface area contributed by atoms with Crippen LogP contribution >= 0.6 is 11.6 Å². The molecule has 144 valence electrons. The number of halogens is 1.